The average Bonchev–Trinajstić information content (AvgIpc) is 3.32. The molecule has 35 heavy (non-hydrogen) atoms. The first-order valence-electron chi connectivity index (χ1n) is 11.6. The highest BCUT2D eigenvalue weighted by Gasteiger charge is 2.33. The van der Waals surface area contributed by atoms with Gasteiger partial charge in [0.2, 0.25) is 5.95 Å². The summed E-state index contributed by atoms with van der Waals surface area (Å²) in [6.07, 6.45) is 2.33. The highest BCUT2D eigenvalue weighted by Crippen LogP contribution is 2.35. The molecule has 1 aromatic heterocycles. The Hall–Kier alpha value is -4.39. The third-order valence-corrected chi connectivity index (χ3v) is 6.01. The van der Waals surface area contributed by atoms with Crippen molar-refractivity contribution in [2.75, 3.05) is 17.2 Å². The van der Waals surface area contributed by atoms with Crippen molar-refractivity contribution in [1.29, 1.82) is 0 Å². The lowest BCUT2D eigenvalue weighted by Crippen LogP contribution is -2.31. The summed E-state index contributed by atoms with van der Waals surface area (Å²) in [6.45, 7) is 4.47. The number of hydrogen-bond donors (Lipinski definition) is 2. The maximum absolute atomic E-state index is 13.5. The number of carbonyl (C=O) groups excluding carboxylic acids is 1. The SMILES string of the molecule is CC1=C(C(=O)Nc2cccc(C)c2)C(c2ccc(OCCc3ccccc3)cc2)n2ncnc2N1. The molecule has 1 unspecified atom stereocenters. The molecule has 5 rings (SSSR count). The number of fused-ring (bicyclic) bond motifs is 1. The number of carbonyl (C=O) groups is 1. The second-order valence-corrected chi connectivity index (χ2v) is 8.57. The molecule has 4 aromatic rings. The number of benzene rings is 3. The number of rotatable bonds is 7. The number of nitrogens with one attached hydrogen (secondary N) is 2. The molecule has 3 aromatic carbocycles. The minimum atomic E-state index is -0.420. The van der Waals surface area contributed by atoms with Crippen molar-refractivity contribution < 1.29 is 9.53 Å². The van der Waals surface area contributed by atoms with Gasteiger partial charge in [-0.05, 0) is 54.8 Å². The Labute approximate surface area is 204 Å². The number of aromatic nitrogens is 3. The van der Waals surface area contributed by atoms with E-state index in [1.54, 1.807) is 4.68 Å². The molecule has 0 aliphatic carbocycles. The summed E-state index contributed by atoms with van der Waals surface area (Å²) in [7, 11) is 0. The summed E-state index contributed by atoms with van der Waals surface area (Å²) >= 11 is 0. The van der Waals surface area contributed by atoms with Gasteiger partial charge in [0.15, 0.2) is 0 Å². The van der Waals surface area contributed by atoms with Crippen LogP contribution in [-0.4, -0.2) is 27.3 Å². The minimum absolute atomic E-state index is 0.185. The zero-order chi connectivity index (χ0) is 24.2. The normalized spacial score (nSPS) is 14.7. The van der Waals surface area contributed by atoms with Crippen molar-refractivity contribution >= 4 is 17.5 Å². The van der Waals surface area contributed by atoms with Crippen LogP contribution in [0.1, 0.15) is 29.7 Å². The molecular formula is C28H27N5O2. The Morgan fingerprint density at radius 1 is 1.03 bits per heavy atom. The molecule has 2 heterocycles. The van der Waals surface area contributed by atoms with Gasteiger partial charge in [0.1, 0.15) is 18.1 Å². The number of hydrogen-bond acceptors (Lipinski definition) is 5. The number of allylic oxidation sites excluding steroid dienone is 1. The molecular weight excluding hydrogens is 438 g/mol. The van der Waals surface area contributed by atoms with Crippen LogP contribution in [0.25, 0.3) is 0 Å². The first kappa shape index (κ1) is 22.4. The molecule has 0 bridgehead atoms. The predicted octanol–water partition coefficient (Wildman–Crippen LogP) is 5.14. The van der Waals surface area contributed by atoms with Gasteiger partial charge in [0.05, 0.1) is 12.2 Å². The topological polar surface area (TPSA) is 81.1 Å². The Morgan fingerprint density at radius 3 is 2.60 bits per heavy atom. The Balaban J connectivity index is 1.37. The van der Waals surface area contributed by atoms with Crippen LogP contribution in [0.3, 0.4) is 0 Å². The van der Waals surface area contributed by atoms with Gasteiger partial charge in [-0.2, -0.15) is 10.1 Å². The van der Waals surface area contributed by atoms with Crippen LogP contribution in [-0.2, 0) is 11.2 Å². The monoisotopic (exact) mass is 465 g/mol. The van der Waals surface area contributed by atoms with Crippen LogP contribution < -0.4 is 15.4 Å². The third-order valence-electron chi connectivity index (χ3n) is 6.01. The average molecular weight is 466 g/mol. The maximum atomic E-state index is 13.5. The van der Waals surface area contributed by atoms with Gasteiger partial charge in [-0.15, -0.1) is 0 Å². The largest absolute Gasteiger partial charge is 0.493 e. The van der Waals surface area contributed by atoms with E-state index in [9.17, 15) is 4.79 Å². The predicted molar refractivity (Wildman–Crippen MR) is 136 cm³/mol. The van der Waals surface area contributed by atoms with Crippen molar-refractivity contribution in [2.24, 2.45) is 0 Å². The van der Waals surface area contributed by atoms with Crippen molar-refractivity contribution in [3.05, 3.63) is 113 Å². The minimum Gasteiger partial charge on any atom is -0.493 e. The van der Waals surface area contributed by atoms with Crippen molar-refractivity contribution in [3.8, 4) is 5.75 Å². The molecule has 0 fully saturated rings. The van der Waals surface area contributed by atoms with Gasteiger partial charge in [-0.25, -0.2) is 4.68 Å². The van der Waals surface area contributed by atoms with Crippen molar-refractivity contribution in [2.45, 2.75) is 26.3 Å². The Kier molecular flexibility index (Phi) is 6.30. The molecule has 1 amide bonds. The van der Waals surface area contributed by atoms with Gasteiger partial charge >= 0.3 is 0 Å². The van der Waals surface area contributed by atoms with Gasteiger partial charge in [-0.3, -0.25) is 4.79 Å². The van der Waals surface area contributed by atoms with E-state index in [1.165, 1.54) is 11.9 Å². The van der Waals surface area contributed by atoms with E-state index < -0.39 is 6.04 Å². The number of amides is 1. The smallest absolute Gasteiger partial charge is 0.255 e. The van der Waals surface area contributed by atoms with Gasteiger partial charge in [-0.1, -0.05) is 54.6 Å². The first-order valence-corrected chi connectivity index (χ1v) is 11.6. The molecule has 0 saturated carbocycles. The quantitative estimate of drug-likeness (QED) is 0.395. The first-order chi connectivity index (χ1) is 17.1. The molecule has 7 nitrogen and oxygen atoms in total. The number of ether oxygens (including phenoxy) is 1. The van der Waals surface area contributed by atoms with E-state index in [2.05, 4.69) is 32.8 Å². The van der Waals surface area contributed by atoms with Crippen LogP contribution in [0.5, 0.6) is 5.75 Å². The lowest BCUT2D eigenvalue weighted by atomic mass is 9.95. The second-order valence-electron chi connectivity index (χ2n) is 8.57. The maximum Gasteiger partial charge on any atom is 0.255 e. The van der Waals surface area contributed by atoms with E-state index in [0.717, 1.165) is 34.7 Å². The zero-order valence-electron chi connectivity index (χ0n) is 19.7. The van der Waals surface area contributed by atoms with E-state index in [4.69, 9.17) is 4.74 Å². The fourth-order valence-corrected chi connectivity index (χ4v) is 4.29. The number of nitrogens with zero attached hydrogens (tertiary/aromatic N) is 3. The fraction of sp³-hybridized carbons (Fsp3) is 0.179. The van der Waals surface area contributed by atoms with Crippen LogP contribution in [0.15, 0.2) is 96.5 Å². The van der Waals surface area contributed by atoms with Crippen LogP contribution >= 0.6 is 0 Å². The van der Waals surface area contributed by atoms with Gasteiger partial charge < -0.3 is 15.4 Å². The number of anilines is 2. The summed E-state index contributed by atoms with van der Waals surface area (Å²) in [5, 5.41) is 10.6. The molecule has 7 heteroatoms. The molecule has 1 atom stereocenters. The van der Waals surface area contributed by atoms with Crippen molar-refractivity contribution in [3.63, 3.8) is 0 Å². The molecule has 0 spiro atoms. The summed E-state index contributed by atoms with van der Waals surface area (Å²) in [4.78, 5) is 17.8. The molecule has 1 aliphatic rings. The second kappa shape index (κ2) is 9.85. The van der Waals surface area contributed by atoms with Crippen LogP contribution in [0.2, 0.25) is 0 Å². The third kappa shape index (κ3) is 4.94. The molecule has 1 aliphatic heterocycles. The molecule has 176 valence electrons. The van der Waals surface area contributed by atoms with E-state index in [0.29, 0.717) is 18.1 Å². The number of aryl methyl sites for hydroxylation is 1. The molecule has 0 saturated heterocycles. The highest BCUT2D eigenvalue weighted by atomic mass is 16.5. The summed E-state index contributed by atoms with van der Waals surface area (Å²) in [5.74, 6) is 1.20. The van der Waals surface area contributed by atoms with Crippen LogP contribution in [0, 0.1) is 6.92 Å². The molecule has 2 N–H and O–H groups in total. The standard InChI is InChI=1S/C28H27N5O2/c1-19-7-6-10-23(17-19)32-27(34)25-20(2)31-28-29-18-30-33(28)26(25)22-11-13-24(14-12-22)35-16-15-21-8-4-3-5-9-21/h3-14,17-18,26H,15-16H2,1-2H3,(H,32,34)(H,29,30,31). The zero-order valence-corrected chi connectivity index (χ0v) is 19.7. The summed E-state index contributed by atoms with van der Waals surface area (Å²) in [6, 6.07) is 25.4. The Morgan fingerprint density at radius 2 is 1.83 bits per heavy atom. The fourth-order valence-electron chi connectivity index (χ4n) is 4.29. The van der Waals surface area contributed by atoms with E-state index in [-0.39, 0.29) is 5.91 Å². The molecule has 0 radical (unpaired) electrons. The summed E-state index contributed by atoms with van der Waals surface area (Å²) in [5.41, 5.74) is 5.31. The highest BCUT2D eigenvalue weighted by molar-refractivity contribution is 6.06. The van der Waals surface area contributed by atoms with Gasteiger partial charge in [0, 0.05) is 17.8 Å². The van der Waals surface area contributed by atoms with Crippen molar-refractivity contribution in [1.82, 2.24) is 14.8 Å². The van der Waals surface area contributed by atoms with E-state index in [1.807, 2.05) is 80.6 Å². The van der Waals surface area contributed by atoms with Crippen LogP contribution in [0.4, 0.5) is 11.6 Å². The van der Waals surface area contributed by atoms with Gasteiger partial charge in [0.25, 0.3) is 5.91 Å². The van der Waals surface area contributed by atoms with E-state index >= 15 is 0 Å². The lowest BCUT2D eigenvalue weighted by molar-refractivity contribution is -0.113. The summed E-state index contributed by atoms with van der Waals surface area (Å²) < 4.78 is 7.69. The Bertz CT molecular complexity index is 1360. The lowest BCUT2D eigenvalue weighted by Gasteiger charge is -2.28.